The molecule has 0 bridgehead atoms. The van der Waals surface area contributed by atoms with Gasteiger partial charge >= 0.3 is 5.97 Å². The molecule has 2 aromatic heterocycles. The quantitative estimate of drug-likeness (QED) is 0.480. The molecular weight excluding hydrogens is 436 g/mol. The number of nitrogens with one attached hydrogen (secondary N) is 1. The molecule has 0 aromatic carbocycles. The maximum atomic E-state index is 12.4. The number of rotatable bonds is 7. The lowest BCUT2D eigenvalue weighted by Gasteiger charge is -2.27. The predicted octanol–water partition coefficient (Wildman–Crippen LogP) is 4.56. The van der Waals surface area contributed by atoms with Crippen molar-refractivity contribution in [3.63, 3.8) is 0 Å². The molecule has 2 heterocycles. The number of anilines is 1. The number of esters is 1. The fraction of sp³-hybridized carbons (Fsp3) is 0.529. The van der Waals surface area contributed by atoms with Gasteiger partial charge in [0.15, 0.2) is 4.34 Å². The minimum absolute atomic E-state index is 0.234. The number of hydrogen-bond acceptors (Lipinski definition) is 8. The SMILES string of the molecule is CC(C)(C)OC(=O)C(C)(C)Sc1nc(CCNc2cnc(Br)cn2)cs1. The summed E-state index contributed by atoms with van der Waals surface area (Å²) in [4.78, 5) is 25.3. The van der Waals surface area contributed by atoms with Gasteiger partial charge in [-0.05, 0) is 50.5 Å². The summed E-state index contributed by atoms with van der Waals surface area (Å²) in [7, 11) is 0. The van der Waals surface area contributed by atoms with E-state index in [4.69, 9.17) is 4.74 Å². The molecule has 0 amide bonds. The van der Waals surface area contributed by atoms with E-state index >= 15 is 0 Å². The second-order valence-corrected chi connectivity index (χ2v) is 10.7. The van der Waals surface area contributed by atoms with Crippen molar-refractivity contribution in [2.75, 3.05) is 11.9 Å². The smallest absolute Gasteiger partial charge is 0.322 e. The molecule has 0 aliphatic carbocycles. The van der Waals surface area contributed by atoms with Crippen molar-refractivity contribution in [3.05, 3.63) is 28.1 Å². The zero-order valence-corrected chi connectivity index (χ0v) is 18.7. The van der Waals surface area contributed by atoms with E-state index in [9.17, 15) is 4.79 Å². The van der Waals surface area contributed by atoms with Gasteiger partial charge in [-0.2, -0.15) is 0 Å². The molecule has 2 rings (SSSR count). The van der Waals surface area contributed by atoms with Crippen LogP contribution in [0, 0.1) is 0 Å². The normalized spacial score (nSPS) is 12.1. The van der Waals surface area contributed by atoms with E-state index in [0.717, 1.165) is 22.3 Å². The highest BCUT2D eigenvalue weighted by Crippen LogP contribution is 2.36. The molecule has 0 radical (unpaired) electrons. The zero-order chi connectivity index (χ0) is 19.4. The van der Waals surface area contributed by atoms with Gasteiger partial charge in [0.05, 0.1) is 18.1 Å². The summed E-state index contributed by atoms with van der Waals surface area (Å²) >= 11 is 6.23. The van der Waals surface area contributed by atoms with E-state index in [1.54, 1.807) is 23.7 Å². The number of nitrogens with zero attached hydrogens (tertiary/aromatic N) is 3. The van der Waals surface area contributed by atoms with Crippen LogP contribution in [-0.4, -0.2) is 37.8 Å². The number of carbonyl (C=O) groups is 1. The van der Waals surface area contributed by atoms with Crippen LogP contribution in [0.5, 0.6) is 0 Å². The summed E-state index contributed by atoms with van der Waals surface area (Å²) in [5.41, 5.74) is 0.486. The van der Waals surface area contributed by atoms with Gasteiger partial charge in [0.1, 0.15) is 20.8 Å². The molecule has 0 aliphatic rings. The maximum Gasteiger partial charge on any atom is 0.322 e. The lowest BCUT2D eigenvalue weighted by Crippen LogP contribution is -2.36. The minimum Gasteiger partial charge on any atom is -0.459 e. The van der Waals surface area contributed by atoms with Crippen LogP contribution in [0.15, 0.2) is 26.7 Å². The Balaban J connectivity index is 1.86. The Morgan fingerprint density at radius 1 is 1.27 bits per heavy atom. The molecule has 2 aromatic rings. The van der Waals surface area contributed by atoms with Gasteiger partial charge in [-0.25, -0.2) is 15.0 Å². The van der Waals surface area contributed by atoms with Crippen molar-refractivity contribution < 1.29 is 9.53 Å². The first kappa shape index (κ1) is 21.1. The molecule has 6 nitrogen and oxygen atoms in total. The number of halogens is 1. The number of thioether (sulfide) groups is 1. The highest BCUT2D eigenvalue weighted by molar-refractivity contribution is 9.10. The van der Waals surface area contributed by atoms with E-state index in [1.807, 2.05) is 40.0 Å². The Hall–Kier alpha value is -1.19. The van der Waals surface area contributed by atoms with E-state index < -0.39 is 10.3 Å². The maximum absolute atomic E-state index is 12.4. The van der Waals surface area contributed by atoms with Crippen LogP contribution in [0.1, 0.15) is 40.3 Å². The van der Waals surface area contributed by atoms with E-state index in [2.05, 4.69) is 36.2 Å². The first-order chi connectivity index (χ1) is 12.0. The van der Waals surface area contributed by atoms with Crippen LogP contribution in [0.2, 0.25) is 0 Å². The summed E-state index contributed by atoms with van der Waals surface area (Å²) in [6.45, 7) is 10.0. The third kappa shape index (κ3) is 6.85. The molecule has 26 heavy (non-hydrogen) atoms. The highest BCUT2D eigenvalue weighted by atomic mass is 79.9. The topological polar surface area (TPSA) is 77.0 Å². The van der Waals surface area contributed by atoms with Crippen LogP contribution < -0.4 is 5.32 Å². The number of carbonyl (C=O) groups excluding carboxylic acids is 1. The molecule has 0 saturated heterocycles. The van der Waals surface area contributed by atoms with Gasteiger partial charge in [0.25, 0.3) is 0 Å². The lowest BCUT2D eigenvalue weighted by molar-refractivity contribution is -0.156. The molecular formula is C17H23BrN4O2S2. The van der Waals surface area contributed by atoms with Crippen LogP contribution in [0.25, 0.3) is 0 Å². The highest BCUT2D eigenvalue weighted by Gasteiger charge is 2.34. The predicted molar refractivity (Wildman–Crippen MR) is 110 cm³/mol. The minimum atomic E-state index is -0.687. The molecule has 142 valence electrons. The summed E-state index contributed by atoms with van der Waals surface area (Å²) in [5, 5.41) is 5.23. The first-order valence-corrected chi connectivity index (χ1v) is 10.6. The molecule has 0 spiro atoms. The second-order valence-electron chi connectivity index (χ2n) is 7.12. The zero-order valence-electron chi connectivity index (χ0n) is 15.5. The Labute approximate surface area is 170 Å². The fourth-order valence-electron chi connectivity index (χ4n) is 1.83. The fourth-order valence-corrected chi connectivity index (χ4v) is 4.30. The molecule has 0 atom stereocenters. The van der Waals surface area contributed by atoms with Crippen molar-refractivity contribution in [2.45, 2.75) is 55.7 Å². The number of thiazole rings is 1. The molecule has 1 N–H and O–H groups in total. The largest absolute Gasteiger partial charge is 0.459 e. The van der Waals surface area contributed by atoms with Crippen LogP contribution in [0.3, 0.4) is 0 Å². The molecule has 0 aliphatic heterocycles. The van der Waals surface area contributed by atoms with Gasteiger partial charge in [0.2, 0.25) is 0 Å². The van der Waals surface area contributed by atoms with Crippen molar-refractivity contribution in [1.29, 1.82) is 0 Å². The standard InChI is InChI=1S/C17H23BrN4O2S2/c1-16(2,3)24-14(23)17(4,5)26-15-22-11(10-25-15)6-7-19-13-9-20-12(18)8-21-13/h8-10H,6-7H2,1-5H3,(H,19,21). The van der Waals surface area contributed by atoms with Gasteiger partial charge in [-0.3, -0.25) is 4.79 Å². The molecule has 0 unspecified atom stereocenters. The van der Waals surface area contributed by atoms with Gasteiger partial charge in [-0.15, -0.1) is 11.3 Å². The van der Waals surface area contributed by atoms with E-state index in [0.29, 0.717) is 11.1 Å². The number of ether oxygens (including phenoxy) is 1. The van der Waals surface area contributed by atoms with Crippen LogP contribution in [0.4, 0.5) is 5.82 Å². The van der Waals surface area contributed by atoms with Crippen molar-refractivity contribution in [2.24, 2.45) is 0 Å². The summed E-state index contributed by atoms with van der Waals surface area (Å²) in [6, 6.07) is 0. The van der Waals surface area contributed by atoms with Gasteiger partial charge < -0.3 is 10.1 Å². The number of hydrogen-bond donors (Lipinski definition) is 1. The Kier molecular flexibility index (Phi) is 7.04. The first-order valence-electron chi connectivity index (χ1n) is 8.13. The van der Waals surface area contributed by atoms with Crippen molar-refractivity contribution >= 4 is 50.8 Å². The van der Waals surface area contributed by atoms with Crippen LogP contribution >= 0.6 is 39.0 Å². The summed E-state index contributed by atoms with van der Waals surface area (Å²) < 4.78 is 6.37. The Bertz CT molecular complexity index is 742. The number of aromatic nitrogens is 3. The average Bonchev–Trinajstić information content (AvgIpc) is 2.94. The van der Waals surface area contributed by atoms with Gasteiger partial charge in [-0.1, -0.05) is 11.8 Å². The summed E-state index contributed by atoms with van der Waals surface area (Å²) in [6.07, 6.45) is 4.09. The second kappa shape index (κ2) is 8.67. The third-order valence-corrected chi connectivity index (χ3v) is 5.65. The lowest BCUT2D eigenvalue weighted by atomic mass is 10.1. The van der Waals surface area contributed by atoms with Crippen molar-refractivity contribution in [3.8, 4) is 0 Å². The Morgan fingerprint density at radius 2 is 2.00 bits per heavy atom. The Morgan fingerprint density at radius 3 is 2.62 bits per heavy atom. The van der Waals surface area contributed by atoms with Gasteiger partial charge in [0, 0.05) is 18.3 Å². The third-order valence-electron chi connectivity index (χ3n) is 3.07. The van der Waals surface area contributed by atoms with E-state index in [1.165, 1.54) is 11.8 Å². The average molecular weight is 459 g/mol. The van der Waals surface area contributed by atoms with E-state index in [-0.39, 0.29) is 5.97 Å². The summed E-state index contributed by atoms with van der Waals surface area (Å²) in [5.74, 6) is 0.492. The van der Waals surface area contributed by atoms with Crippen LogP contribution in [-0.2, 0) is 16.0 Å². The molecule has 0 fully saturated rings. The monoisotopic (exact) mass is 458 g/mol. The molecule has 0 saturated carbocycles. The van der Waals surface area contributed by atoms with Crippen molar-refractivity contribution in [1.82, 2.24) is 15.0 Å². The molecule has 9 heteroatoms.